The predicted molar refractivity (Wildman–Crippen MR) is 514 cm³/mol. The highest BCUT2D eigenvalue weighted by atomic mass is 35.5. The first kappa shape index (κ1) is 97.2. The predicted octanol–water partition coefficient (Wildman–Crippen LogP) is 29.2. The third-order valence-corrected chi connectivity index (χ3v) is 24.1. The zero-order chi connectivity index (χ0) is 89.0. The number of hydrogen-bond acceptors (Lipinski definition) is 10. The largest absolute Gasteiger partial charge is 0.380 e. The highest BCUT2D eigenvalue weighted by Gasteiger charge is 2.23. The highest BCUT2D eigenvalue weighted by molar-refractivity contribution is 6.32. The number of methoxy groups -OCH3 is 5. The van der Waals surface area contributed by atoms with Gasteiger partial charge in [0.15, 0.2) is 23.1 Å². The first-order valence-corrected chi connectivity index (χ1v) is 44.9. The van der Waals surface area contributed by atoms with E-state index >= 15 is 0 Å². The van der Waals surface area contributed by atoms with Gasteiger partial charge in [0, 0.05) is 127 Å². The third kappa shape index (κ3) is 30.1. The van der Waals surface area contributed by atoms with Crippen LogP contribution >= 0.6 is 58.0 Å². The number of carbonyl (C=O) groups excluding carboxylic acids is 5. The molecule has 14 rings (SSSR count). The number of ether oxygens (including phenoxy) is 5. The van der Waals surface area contributed by atoms with E-state index in [1.165, 1.54) is 69.8 Å². The fraction of sp³-hybridized carbons (Fsp3) is 0.294. The van der Waals surface area contributed by atoms with Crippen LogP contribution in [0.3, 0.4) is 0 Å². The number of Topliss-reactive ketones (excluding diaryl/α,β-unsaturated/α-hetero) is 4. The van der Waals surface area contributed by atoms with Crippen LogP contribution < -0.4 is 0 Å². The lowest BCUT2D eigenvalue weighted by atomic mass is 9.84. The zero-order valence-electron chi connectivity index (χ0n) is 73.0. The summed E-state index contributed by atoms with van der Waals surface area (Å²) < 4.78 is 26.7. The van der Waals surface area contributed by atoms with Gasteiger partial charge in [-0.1, -0.05) is 298 Å². The normalized spacial score (nSPS) is 12.6. The van der Waals surface area contributed by atoms with Crippen molar-refractivity contribution in [3.05, 3.63) is 365 Å². The van der Waals surface area contributed by atoms with Crippen LogP contribution in [-0.4, -0.2) is 82.6 Å². The standard InChI is InChI=1S/C23H27ClO2.C23H21ClO2.C22H25ClO2.C22H19ClO2.C19H22ClNO2/c2*1-26-16-20-15-19(23(25)14-7-17-5-3-2-4-6-17)10-13-22(20)18-8-11-21(24)12-9-18;2*1-25-15-19-14-18(22(24)13-16-5-3-2-4-6-16)9-12-21(19)17-7-10-20(23)11-8-17;1-13(2)21(3)19(22)15-7-10-18(16(11-15)12-23-4)14-5-8-17(20)9-6-14/h8-13,15,17H,2-7,14,16H2,1H3;2-6,8-13,15H,7,14,16H2,1H3;7-12,14,16H,2-6,13,15H2,1H3;2-12,14H,13,15H2,1H3;5-11,13H,12H2,1-4H3. The minimum Gasteiger partial charge on any atom is -0.380 e. The van der Waals surface area contributed by atoms with Crippen LogP contribution in [0.15, 0.2) is 273 Å². The van der Waals surface area contributed by atoms with Crippen molar-refractivity contribution < 1.29 is 47.7 Å². The molecule has 2 aliphatic carbocycles. The Balaban J connectivity index is 0.000000163. The van der Waals surface area contributed by atoms with E-state index in [9.17, 15) is 24.0 Å². The van der Waals surface area contributed by atoms with Crippen LogP contribution in [0.25, 0.3) is 55.6 Å². The van der Waals surface area contributed by atoms with Crippen molar-refractivity contribution in [3.63, 3.8) is 0 Å². The zero-order valence-corrected chi connectivity index (χ0v) is 76.8. The van der Waals surface area contributed by atoms with Crippen molar-refractivity contribution >= 4 is 87.0 Å². The average molecular weight is 1780 g/mol. The minimum absolute atomic E-state index is 0.0139. The second-order valence-corrected chi connectivity index (χ2v) is 34.3. The Morgan fingerprint density at radius 1 is 0.320 bits per heavy atom. The Morgan fingerprint density at radius 3 is 0.920 bits per heavy atom. The molecule has 0 N–H and O–H groups in total. The fourth-order valence-electron chi connectivity index (χ4n) is 15.8. The lowest BCUT2D eigenvalue weighted by Crippen LogP contribution is -2.33. The number of amides is 1. The van der Waals surface area contributed by atoms with Gasteiger partial charge in [-0.2, -0.15) is 0 Å². The van der Waals surface area contributed by atoms with Gasteiger partial charge in [0.1, 0.15) is 0 Å². The highest BCUT2D eigenvalue weighted by Crippen LogP contribution is 2.36. The van der Waals surface area contributed by atoms with Crippen molar-refractivity contribution in [1.29, 1.82) is 0 Å². The van der Waals surface area contributed by atoms with Crippen LogP contribution in [0, 0.1) is 11.8 Å². The first-order valence-electron chi connectivity index (χ1n) is 43.0. The molecule has 0 aliphatic heterocycles. The minimum atomic E-state index is 0.0139. The number of hydrogen-bond donors (Lipinski definition) is 0. The van der Waals surface area contributed by atoms with Crippen LogP contribution in [0.1, 0.15) is 194 Å². The van der Waals surface area contributed by atoms with Gasteiger partial charge in [-0.25, -0.2) is 0 Å². The van der Waals surface area contributed by atoms with E-state index in [-0.39, 0.29) is 35.1 Å². The number of aryl methyl sites for hydroxylation is 1. The molecule has 16 heteroatoms. The summed E-state index contributed by atoms with van der Waals surface area (Å²) in [6.07, 6.45) is 16.8. The van der Waals surface area contributed by atoms with E-state index in [1.807, 2.05) is 294 Å². The van der Waals surface area contributed by atoms with Crippen molar-refractivity contribution in [1.82, 2.24) is 4.90 Å². The second kappa shape index (κ2) is 51.0. The van der Waals surface area contributed by atoms with Crippen molar-refractivity contribution in [3.8, 4) is 55.6 Å². The summed E-state index contributed by atoms with van der Waals surface area (Å²) in [4.78, 5) is 64.8. The van der Waals surface area contributed by atoms with Gasteiger partial charge in [0.25, 0.3) is 5.91 Å². The van der Waals surface area contributed by atoms with Crippen molar-refractivity contribution in [2.45, 2.75) is 156 Å². The molecule has 0 unspecified atom stereocenters. The summed E-state index contributed by atoms with van der Waals surface area (Å²) in [5, 5.41) is 3.54. The molecule has 0 atom stereocenters. The molecule has 1 amide bonds. The average Bonchev–Trinajstić information content (AvgIpc) is 0.838. The molecule has 2 aliphatic rings. The summed E-state index contributed by atoms with van der Waals surface area (Å²) in [5.74, 6) is 2.06. The molecule has 125 heavy (non-hydrogen) atoms. The van der Waals surface area contributed by atoms with Crippen molar-refractivity contribution in [2.75, 3.05) is 42.6 Å². The van der Waals surface area contributed by atoms with Gasteiger partial charge in [0.05, 0.1) is 33.0 Å². The lowest BCUT2D eigenvalue weighted by Gasteiger charge is -2.22. The molecule has 0 radical (unpaired) electrons. The summed E-state index contributed by atoms with van der Waals surface area (Å²) in [5.41, 5.74) is 21.6. The van der Waals surface area contributed by atoms with Crippen molar-refractivity contribution in [2.24, 2.45) is 11.8 Å². The van der Waals surface area contributed by atoms with Gasteiger partial charge in [-0.15, -0.1) is 0 Å². The summed E-state index contributed by atoms with van der Waals surface area (Å²) in [6, 6.07) is 87.9. The number of carbonyl (C=O) groups is 5. The monoisotopic (exact) mass is 1770 g/mol. The Morgan fingerprint density at radius 2 is 0.600 bits per heavy atom. The molecular weight excluding hydrogens is 1660 g/mol. The van der Waals surface area contributed by atoms with Crippen LogP contribution in [0.2, 0.25) is 25.1 Å². The Kier molecular flexibility index (Phi) is 39.7. The van der Waals surface area contributed by atoms with Gasteiger partial charge in [-0.05, 0) is 230 Å². The maximum absolute atomic E-state index is 12.7. The van der Waals surface area contributed by atoms with E-state index in [4.69, 9.17) is 81.7 Å². The van der Waals surface area contributed by atoms with E-state index in [0.717, 1.165) is 135 Å². The number of rotatable bonds is 31. The summed E-state index contributed by atoms with van der Waals surface area (Å²) >= 11 is 29.9. The molecule has 0 heterocycles. The SMILES string of the molecule is COCc1cc(C(=O)CC2CCCCC2)ccc1-c1ccc(Cl)cc1.COCc1cc(C(=O)CCC2CCCCC2)ccc1-c1ccc(Cl)cc1.COCc1cc(C(=O)CCc2ccccc2)ccc1-c1ccc(Cl)cc1.COCc1cc(C(=O)Cc2ccccc2)ccc1-c1ccc(Cl)cc1.COCc1cc(C(=O)N(C)C(C)C)ccc1-c1ccc(Cl)cc1. The molecule has 0 bridgehead atoms. The molecule has 0 saturated heterocycles. The quantitative estimate of drug-likeness (QED) is 0.0387. The molecule has 2 saturated carbocycles. The van der Waals surface area contributed by atoms with Gasteiger partial charge in [0.2, 0.25) is 0 Å². The molecule has 650 valence electrons. The van der Waals surface area contributed by atoms with Crippen LogP contribution in [0.5, 0.6) is 0 Å². The molecule has 12 aromatic rings. The Labute approximate surface area is 764 Å². The fourth-order valence-corrected chi connectivity index (χ4v) is 16.5. The molecule has 0 aromatic heterocycles. The number of ketones is 4. The number of halogens is 5. The third-order valence-electron chi connectivity index (χ3n) is 22.8. The maximum Gasteiger partial charge on any atom is 0.253 e. The summed E-state index contributed by atoms with van der Waals surface area (Å²) in [6.45, 7) is 6.32. The Bertz CT molecular complexity index is 5420. The molecule has 0 spiro atoms. The van der Waals surface area contributed by atoms with Crippen LogP contribution in [-0.2, 0) is 69.6 Å². The van der Waals surface area contributed by atoms with E-state index < -0.39 is 0 Å². The second-order valence-electron chi connectivity index (χ2n) is 32.2. The van der Waals surface area contributed by atoms with Gasteiger partial charge < -0.3 is 28.6 Å². The summed E-state index contributed by atoms with van der Waals surface area (Å²) in [7, 11) is 10.2. The smallest absolute Gasteiger partial charge is 0.253 e. The number of benzene rings is 12. The maximum atomic E-state index is 12.7. The van der Waals surface area contributed by atoms with E-state index in [0.29, 0.717) is 90.8 Å². The van der Waals surface area contributed by atoms with E-state index in [2.05, 4.69) is 0 Å². The van der Waals surface area contributed by atoms with Crippen LogP contribution in [0.4, 0.5) is 0 Å². The molecule has 2 fully saturated rings. The molecular formula is C109H114Cl5NO10. The van der Waals surface area contributed by atoms with E-state index in [1.54, 1.807) is 40.4 Å². The topological polar surface area (TPSA) is 135 Å². The Hall–Kier alpha value is -9.96. The molecule has 11 nitrogen and oxygen atoms in total. The number of nitrogens with zero attached hydrogens (tertiary/aromatic N) is 1. The first-order chi connectivity index (χ1) is 60.6. The molecule has 12 aromatic carbocycles. The lowest BCUT2D eigenvalue weighted by molar-refractivity contribution is 0.0753. The van der Waals surface area contributed by atoms with Gasteiger partial charge >= 0.3 is 0 Å². The van der Waals surface area contributed by atoms with Gasteiger partial charge in [-0.3, -0.25) is 24.0 Å².